The molecule has 2 unspecified atom stereocenters. The van der Waals surface area contributed by atoms with E-state index in [0.29, 0.717) is 25.5 Å². The lowest BCUT2D eigenvalue weighted by atomic mass is 10.1. The fraction of sp³-hybridized carbons (Fsp3) is 0.900. The van der Waals surface area contributed by atoms with Crippen molar-refractivity contribution < 1.29 is 9.53 Å². The Morgan fingerprint density at radius 3 is 3.07 bits per heavy atom. The van der Waals surface area contributed by atoms with Crippen LogP contribution in [-0.2, 0) is 9.53 Å². The minimum absolute atomic E-state index is 0.126. The van der Waals surface area contributed by atoms with Crippen molar-refractivity contribution in [2.24, 2.45) is 11.7 Å². The molecule has 1 aliphatic rings. The maximum atomic E-state index is 11.4. The van der Waals surface area contributed by atoms with E-state index in [1.807, 2.05) is 0 Å². The summed E-state index contributed by atoms with van der Waals surface area (Å²) in [6, 6.07) is 0.232. The fourth-order valence-electron chi connectivity index (χ4n) is 1.44. The highest BCUT2D eigenvalue weighted by atomic mass is 16.5. The molecule has 0 spiro atoms. The average Bonchev–Trinajstić information content (AvgIpc) is 2.66. The van der Waals surface area contributed by atoms with Gasteiger partial charge >= 0.3 is 0 Å². The number of ether oxygens (including phenoxy) is 1. The van der Waals surface area contributed by atoms with Crippen LogP contribution < -0.4 is 11.1 Å². The topological polar surface area (TPSA) is 64.4 Å². The molecule has 0 aromatic heterocycles. The van der Waals surface area contributed by atoms with Gasteiger partial charge in [0.1, 0.15) is 0 Å². The highest BCUT2D eigenvalue weighted by Gasteiger charge is 2.17. The zero-order valence-corrected chi connectivity index (χ0v) is 8.79. The molecular weight excluding hydrogens is 180 g/mol. The predicted octanol–water partition coefficient (Wildman–Crippen LogP) is 0.267. The van der Waals surface area contributed by atoms with Gasteiger partial charge in [-0.25, -0.2) is 0 Å². The molecular formula is C10H20N2O2. The Hall–Kier alpha value is -0.610. The lowest BCUT2D eigenvalue weighted by Gasteiger charge is -2.12. The summed E-state index contributed by atoms with van der Waals surface area (Å²) in [4.78, 5) is 11.4. The van der Waals surface area contributed by atoms with E-state index < -0.39 is 0 Å². The van der Waals surface area contributed by atoms with Gasteiger partial charge in [-0.15, -0.1) is 0 Å². The van der Waals surface area contributed by atoms with Gasteiger partial charge in [0.15, 0.2) is 0 Å². The van der Waals surface area contributed by atoms with Crippen LogP contribution in [0.4, 0.5) is 0 Å². The maximum Gasteiger partial charge on any atom is 0.220 e. The monoisotopic (exact) mass is 200 g/mol. The van der Waals surface area contributed by atoms with Crippen LogP contribution in [0.15, 0.2) is 0 Å². The normalized spacial score (nSPS) is 23.4. The predicted molar refractivity (Wildman–Crippen MR) is 54.8 cm³/mol. The first kappa shape index (κ1) is 11.5. The van der Waals surface area contributed by atoms with Crippen LogP contribution in [0, 0.1) is 5.92 Å². The summed E-state index contributed by atoms with van der Waals surface area (Å²) in [5, 5.41) is 2.95. The van der Waals surface area contributed by atoms with Crippen molar-refractivity contribution in [3.8, 4) is 0 Å². The molecule has 82 valence electrons. The van der Waals surface area contributed by atoms with Crippen LogP contribution in [0.3, 0.4) is 0 Å². The quantitative estimate of drug-likeness (QED) is 0.669. The number of nitrogens with two attached hydrogens (primary N) is 1. The molecule has 1 saturated heterocycles. The van der Waals surface area contributed by atoms with Gasteiger partial charge < -0.3 is 15.8 Å². The van der Waals surface area contributed by atoms with Crippen LogP contribution in [0.2, 0.25) is 0 Å². The van der Waals surface area contributed by atoms with Gasteiger partial charge in [0.25, 0.3) is 0 Å². The largest absolute Gasteiger partial charge is 0.379 e. The summed E-state index contributed by atoms with van der Waals surface area (Å²) in [5.74, 6) is 0.557. The molecule has 1 amide bonds. The van der Waals surface area contributed by atoms with E-state index in [4.69, 9.17) is 10.5 Å². The van der Waals surface area contributed by atoms with Crippen molar-refractivity contribution in [1.82, 2.24) is 5.32 Å². The van der Waals surface area contributed by atoms with Crippen LogP contribution >= 0.6 is 0 Å². The molecule has 0 bridgehead atoms. The summed E-state index contributed by atoms with van der Waals surface area (Å²) in [6.07, 6.45) is 2.39. The van der Waals surface area contributed by atoms with Gasteiger partial charge in [-0.1, -0.05) is 6.92 Å². The zero-order valence-electron chi connectivity index (χ0n) is 8.79. The summed E-state index contributed by atoms with van der Waals surface area (Å²) in [7, 11) is 0. The van der Waals surface area contributed by atoms with Gasteiger partial charge in [-0.2, -0.15) is 0 Å². The molecule has 4 nitrogen and oxygen atoms in total. The smallest absolute Gasteiger partial charge is 0.220 e. The average molecular weight is 200 g/mol. The lowest BCUT2D eigenvalue weighted by molar-refractivity contribution is -0.122. The van der Waals surface area contributed by atoms with Crippen molar-refractivity contribution in [3.05, 3.63) is 0 Å². The molecule has 0 saturated carbocycles. The Balaban J connectivity index is 2.09. The Labute approximate surface area is 85.2 Å². The SMILES string of the molecule is CC(CN)CCC(=O)NC1CCOC1. The van der Waals surface area contributed by atoms with E-state index in [2.05, 4.69) is 12.2 Å². The Kier molecular flexibility index (Phi) is 4.90. The Morgan fingerprint density at radius 1 is 1.71 bits per heavy atom. The number of hydrogen-bond donors (Lipinski definition) is 2. The second-order valence-electron chi connectivity index (χ2n) is 4.01. The number of amides is 1. The molecule has 0 aromatic rings. The molecule has 1 aliphatic heterocycles. The standard InChI is InChI=1S/C10H20N2O2/c1-8(6-11)2-3-10(13)12-9-4-5-14-7-9/h8-9H,2-7,11H2,1H3,(H,12,13). The molecule has 0 aliphatic carbocycles. The number of nitrogens with one attached hydrogen (secondary N) is 1. The molecule has 1 rings (SSSR count). The van der Waals surface area contributed by atoms with E-state index in [0.717, 1.165) is 19.4 Å². The summed E-state index contributed by atoms with van der Waals surface area (Å²) < 4.78 is 5.17. The summed E-state index contributed by atoms with van der Waals surface area (Å²) in [5.41, 5.74) is 5.47. The molecule has 2 atom stereocenters. The van der Waals surface area contributed by atoms with Crippen molar-refractivity contribution in [2.45, 2.75) is 32.2 Å². The van der Waals surface area contributed by atoms with Crippen molar-refractivity contribution >= 4 is 5.91 Å². The third kappa shape index (κ3) is 4.07. The highest BCUT2D eigenvalue weighted by Crippen LogP contribution is 2.06. The van der Waals surface area contributed by atoms with E-state index in [9.17, 15) is 4.79 Å². The molecule has 4 heteroatoms. The maximum absolute atomic E-state index is 11.4. The van der Waals surface area contributed by atoms with Crippen molar-refractivity contribution in [3.63, 3.8) is 0 Å². The van der Waals surface area contributed by atoms with Crippen LogP contribution in [-0.4, -0.2) is 31.7 Å². The fourth-order valence-corrected chi connectivity index (χ4v) is 1.44. The van der Waals surface area contributed by atoms with Crippen molar-refractivity contribution in [2.75, 3.05) is 19.8 Å². The molecule has 1 fully saturated rings. The van der Waals surface area contributed by atoms with Gasteiger partial charge in [0.05, 0.1) is 12.6 Å². The van der Waals surface area contributed by atoms with Crippen LogP contribution in [0.25, 0.3) is 0 Å². The van der Waals surface area contributed by atoms with Crippen LogP contribution in [0.5, 0.6) is 0 Å². The number of carbonyl (C=O) groups is 1. The number of carbonyl (C=O) groups excluding carboxylic acids is 1. The summed E-state index contributed by atoms with van der Waals surface area (Å²) in [6.45, 7) is 4.15. The Bertz CT molecular complexity index is 179. The third-order valence-corrected chi connectivity index (χ3v) is 2.56. The zero-order chi connectivity index (χ0) is 10.4. The van der Waals surface area contributed by atoms with E-state index >= 15 is 0 Å². The molecule has 0 aromatic carbocycles. The molecule has 1 heterocycles. The molecule has 14 heavy (non-hydrogen) atoms. The molecule has 0 radical (unpaired) electrons. The third-order valence-electron chi connectivity index (χ3n) is 2.56. The first-order valence-electron chi connectivity index (χ1n) is 5.29. The van der Waals surface area contributed by atoms with Gasteiger partial charge in [0.2, 0.25) is 5.91 Å². The van der Waals surface area contributed by atoms with E-state index in [-0.39, 0.29) is 11.9 Å². The van der Waals surface area contributed by atoms with Crippen LogP contribution in [0.1, 0.15) is 26.2 Å². The molecule has 3 N–H and O–H groups in total. The minimum Gasteiger partial charge on any atom is -0.379 e. The minimum atomic E-state index is 0.126. The van der Waals surface area contributed by atoms with E-state index in [1.165, 1.54) is 0 Å². The second kappa shape index (κ2) is 5.98. The van der Waals surface area contributed by atoms with E-state index in [1.54, 1.807) is 0 Å². The second-order valence-corrected chi connectivity index (χ2v) is 4.01. The number of hydrogen-bond acceptors (Lipinski definition) is 3. The Morgan fingerprint density at radius 2 is 2.50 bits per heavy atom. The summed E-state index contributed by atoms with van der Waals surface area (Å²) >= 11 is 0. The first-order chi connectivity index (χ1) is 6.72. The number of rotatable bonds is 5. The van der Waals surface area contributed by atoms with Crippen molar-refractivity contribution in [1.29, 1.82) is 0 Å². The first-order valence-corrected chi connectivity index (χ1v) is 5.29. The van der Waals surface area contributed by atoms with Gasteiger partial charge in [-0.3, -0.25) is 4.79 Å². The lowest BCUT2D eigenvalue weighted by Crippen LogP contribution is -2.35. The van der Waals surface area contributed by atoms with Gasteiger partial charge in [-0.05, 0) is 25.3 Å². The highest BCUT2D eigenvalue weighted by molar-refractivity contribution is 5.76. The van der Waals surface area contributed by atoms with Gasteiger partial charge in [0, 0.05) is 13.0 Å².